The second kappa shape index (κ2) is 8.90. The zero-order valence-corrected chi connectivity index (χ0v) is 18.5. The summed E-state index contributed by atoms with van der Waals surface area (Å²) in [4.78, 5) is 31.0. The Labute approximate surface area is 177 Å². The number of anilines is 1. The molecule has 1 aromatic carbocycles. The third-order valence-corrected chi connectivity index (χ3v) is 6.10. The lowest BCUT2D eigenvalue weighted by Crippen LogP contribution is -2.48. The summed E-state index contributed by atoms with van der Waals surface area (Å²) < 4.78 is 15.2. The van der Waals surface area contributed by atoms with Crippen molar-refractivity contribution in [1.29, 1.82) is 0 Å². The van der Waals surface area contributed by atoms with Crippen molar-refractivity contribution in [3.63, 3.8) is 0 Å². The molecule has 3 rings (SSSR count). The second-order valence-electron chi connectivity index (χ2n) is 8.13. The number of hydrogen-bond acceptors (Lipinski definition) is 3. The minimum absolute atomic E-state index is 0.00454. The predicted molar refractivity (Wildman–Crippen MR) is 116 cm³/mol. The molecule has 7 heteroatoms. The van der Waals surface area contributed by atoms with E-state index in [2.05, 4.69) is 4.90 Å². The molecule has 2 amide bonds. The zero-order chi connectivity index (χ0) is 22.0. The number of benzene rings is 1. The summed E-state index contributed by atoms with van der Waals surface area (Å²) >= 11 is 0. The first-order valence-electron chi connectivity index (χ1n) is 10.4. The van der Waals surface area contributed by atoms with Gasteiger partial charge in [-0.1, -0.05) is 0 Å². The molecule has 0 unspecified atom stereocenters. The normalized spacial score (nSPS) is 14.2. The summed E-state index contributed by atoms with van der Waals surface area (Å²) in [5, 5.41) is 0. The molecular formula is C23H31FN4O2. The maximum atomic E-state index is 13.1. The van der Waals surface area contributed by atoms with Crippen LogP contribution in [0.2, 0.25) is 0 Å². The Morgan fingerprint density at radius 3 is 2.20 bits per heavy atom. The molecule has 1 fully saturated rings. The summed E-state index contributed by atoms with van der Waals surface area (Å²) in [6.07, 6.45) is 1.03. The van der Waals surface area contributed by atoms with Crippen LogP contribution in [0, 0.1) is 19.7 Å². The van der Waals surface area contributed by atoms with E-state index in [0.717, 1.165) is 41.3 Å². The van der Waals surface area contributed by atoms with Gasteiger partial charge in [0.05, 0.1) is 5.56 Å². The van der Waals surface area contributed by atoms with Crippen LogP contribution in [-0.4, -0.2) is 66.5 Å². The summed E-state index contributed by atoms with van der Waals surface area (Å²) in [5.74, 6) is -0.114. The summed E-state index contributed by atoms with van der Waals surface area (Å²) in [6.45, 7) is 6.70. The molecule has 0 saturated carbocycles. The third-order valence-electron chi connectivity index (χ3n) is 6.10. The number of carbonyl (C=O) groups excluding carboxylic acids is 2. The highest BCUT2D eigenvalue weighted by molar-refractivity contribution is 5.97. The largest absolute Gasteiger partial charge is 0.368 e. The fraction of sp³-hybridized carbons (Fsp3) is 0.478. The van der Waals surface area contributed by atoms with E-state index in [4.69, 9.17) is 0 Å². The molecule has 0 radical (unpaired) electrons. The molecule has 0 aliphatic carbocycles. The van der Waals surface area contributed by atoms with Crippen LogP contribution >= 0.6 is 0 Å². The Bertz CT molecular complexity index is 926. The molecule has 2 heterocycles. The van der Waals surface area contributed by atoms with Gasteiger partial charge in [-0.15, -0.1) is 0 Å². The van der Waals surface area contributed by atoms with Gasteiger partial charge < -0.3 is 19.3 Å². The number of hydrogen-bond donors (Lipinski definition) is 0. The maximum Gasteiger partial charge on any atom is 0.255 e. The molecule has 2 aromatic rings. The Balaban J connectivity index is 1.60. The summed E-state index contributed by atoms with van der Waals surface area (Å²) in [5.41, 5.74) is 4.65. The van der Waals surface area contributed by atoms with Crippen LogP contribution in [0.3, 0.4) is 0 Å². The zero-order valence-electron chi connectivity index (χ0n) is 18.5. The molecule has 1 aromatic heterocycles. The van der Waals surface area contributed by atoms with Crippen LogP contribution < -0.4 is 4.90 Å². The molecule has 1 aliphatic heterocycles. The van der Waals surface area contributed by atoms with Crippen LogP contribution in [0.5, 0.6) is 0 Å². The van der Waals surface area contributed by atoms with Gasteiger partial charge in [-0.05, 0) is 50.1 Å². The Hall–Kier alpha value is -2.83. The third kappa shape index (κ3) is 4.35. The van der Waals surface area contributed by atoms with Gasteiger partial charge in [0.2, 0.25) is 5.91 Å². The van der Waals surface area contributed by atoms with Gasteiger partial charge in [-0.3, -0.25) is 9.59 Å². The van der Waals surface area contributed by atoms with Gasteiger partial charge in [-0.25, -0.2) is 4.39 Å². The first-order valence-corrected chi connectivity index (χ1v) is 10.4. The molecule has 0 bridgehead atoms. The van der Waals surface area contributed by atoms with Gasteiger partial charge in [0.15, 0.2) is 0 Å². The van der Waals surface area contributed by atoms with E-state index in [0.29, 0.717) is 25.9 Å². The van der Waals surface area contributed by atoms with Crippen molar-refractivity contribution in [3.05, 3.63) is 52.6 Å². The van der Waals surface area contributed by atoms with Crippen molar-refractivity contribution in [3.8, 4) is 0 Å². The van der Waals surface area contributed by atoms with Crippen molar-refractivity contribution in [2.45, 2.75) is 26.7 Å². The lowest BCUT2D eigenvalue weighted by atomic mass is 10.1. The van der Waals surface area contributed by atoms with Crippen LogP contribution in [0.4, 0.5) is 10.1 Å². The van der Waals surface area contributed by atoms with Crippen molar-refractivity contribution >= 4 is 17.5 Å². The minimum atomic E-state index is -0.241. The first-order chi connectivity index (χ1) is 14.2. The smallest absolute Gasteiger partial charge is 0.255 e. The fourth-order valence-electron chi connectivity index (χ4n) is 4.18. The average molecular weight is 415 g/mol. The Morgan fingerprint density at radius 1 is 1.03 bits per heavy atom. The highest BCUT2D eigenvalue weighted by atomic mass is 19.1. The van der Waals surface area contributed by atoms with Crippen molar-refractivity contribution in [2.75, 3.05) is 45.2 Å². The van der Waals surface area contributed by atoms with Crippen molar-refractivity contribution in [2.24, 2.45) is 7.05 Å². The SMILES string of the molecule is Cc1c(C(=O)N(C)C)c(C)n(C)c1CCC(=O)N1CCN(c2ccc(F)cc2)CC1. The van der Waals surface area contributed by atoms with E-state index in [-0.39, 0.29) is 17.6 Å². The second-order valence-corrected chi connectivity index (χ2v) is 8.13. The molecule has 30 heavy (non-hydrogen) atoms. The van der Waals surface area contributed by atoms with E-state index in [1.165, 1.54) is 12.1 Å². The number of aromatic nitrogens is 1. The predicted octanol–water partition coefficient (Wildman–Crippen LogP) is 2.76. The molecule has 6 nitrogen and oxygen atoms in total. The average Bonchev–Trinajstić information content (AvgIpc) is 2.94. The topological polar surface area (TPSA) is 48.8 Å². The minimum Gasteiger partial charge on any atom is -0.368 e. The van der Waals surface area contributed by atoms with Gasteiger partial charge in [-0.2, -0.15) is 0 Å². The number of amides is 2. The lowest BCUT2D eigenvalue weighted by Gasteiger charge is -2.36. The van der Waals surface area contributed by atoms with Crippen LogP contribution in [-0.2, 0) is 18.3 Å². The quantitative estimate of drug-likeness (QED) is 0.756. The fourth-order valence-corrected chi connectivity index (χ4v) is 4.18. The van der Waals surface area contributed by atoms with E-state index in [9.17, 15) is 14.0 Å². The number of halogens is 1. The molecule has 0 atom stereocenters. The van der Waals surface area contributed by atoms with E-state index >= 15 is 0 Å². The van der Waals surface area contributed by atoms with E-state index in [1.807, 2.05) is 30.4 Å². The molecular weight excluding hydrogens is 383 g/mol. The Kier molecular flexibility index (Phi) is 6.48. The van der Waals surface area contributed by atoms with E-state index < -0.39 is 0 Å². The van der Waals surface area contributed by atoms with Crippen molar-refractivity contribution < 1.29 is 14.0 Å². The highest BCUT2D eigenvalue weighted by Crippen LogP contribution is 2.24. The molecule has 1 aliphatic rings. The molecule has 1 saturated heterocycles. The standard InChI is InChI=1S/C23H31FN4O2/c1-16-20(26(5)17(2)22(16)23(30)25(3)4)10-11-21(29)28-14-12-27(13-15-28)19-8-6-18(24)7-9-19/h6-9H,10-15H2,1-5H3. The lowest BCUT2D eigenvalue weighted by molar-refractivity contribution is -0.131. The first kappa shape index (κ1) is 21.9. The van der Waals surface area contributed by atoms with E-state index in [1.54, 1.807) is 31.1 Å². The van der Waals surface area contributed by atoms with Crippen molar-refractivity contribution in [1.82, 2.24) is 14.4 Å². The number of carbonyl (C=O) groups is 2. The monoisotopic (exact) mass is 414 g/mol. The number of piperazine rings is 1. The Morgan fingerprint density at radius 2 is 1.63 bits per heavy atom. The van der Waals surface area contributed by atoms with Gasteiger partial charge in [0.25, 0.3) is 5.91 Å². The van der Waals surface area contributed by atoms with Crippen LogP contribution in [0.15, 0.2) is 24.3 Å². The van der Waals surface area contributed by atoms with Gasteiger partial charge in [0.1, 0.15) is 5.82 Å². The van der Waals surface area contributed by atoms with Gasteiger partial charge >= 0.3 is 0 Å². The molecule has 0 spiro atoms. The van der Waals surface area contributed by atoms with Crippen LogP contribution in [0.1, 0.15) is 33.7 Å². The number of nitrogens with zero attached hydrogens (tertiary/aromatic N) is 4. The summed E-state index contributed by atoms with van der Waals surface area (Å²) in [6, 6.07) is 6.48. The highest BCUT2D eigenvalue weighted by Gasteiger charge is 2.24. The number of rotatable bonds is 5. The van der Waals surface area contributed by atoms with Crippen LogP contribution in [0.25, 0.3) is 0 Å². The maximum absolute atomic E-state index is 13.1. The molecule has 162 valence electrons. The van der Waals surface area contributed by atoms with Gasteiger partial charge in [0, 0.05) is 70.8 Å². The molecule has 0 N–H and O–H groups in total. The summed E-state index contributed by atoms with van der Waals surface area (Å²) in [7, 11) is 5.46.